The quantitative estimate of drug-likeness (QED) is 0.663. The zero-order chi connectivity index (χ0) is 11.3. The van der Waals surface area contributed by atoms with Crippen LogP contribution in [0, 0.1) is 0 Å². The highest BCUT2D eigenvalue weighted by atomic mass is 79.9. The van der Waals surface area contributed by atoms with Gasteiger partial charge < -0.3 is 15.2 Å². The van der Waals surface area contributed by atoms with Crippen LogP contribution in [0.2, 0.25) is 0 Å². The lowest BCUT2D eigenvalue weighted by Gasteiger charge is -2.11. The fourth-order valence-electron chi connectivity index (χ4n) is 1.05. The van der Waals surface area contributed by atoms with Crippen LogP contribution in [0.3, 0.4) is 0 Å². The maximum absolute atomic E-state index is 5.55. The Bertz CT molecular complexity index is 308. The van der Waals surface area contributed by atoms with E-state index in [-0.39, 0.29) is 6.79 Å². The predicted octanol–water partition coefficient (Wildman–Crippen LogP) is 3.04. The van der Waals surface area contributed by atoms with Crippen molar-refractivity contribution in [1.29, 1.82) is 0 Å². The van der Waals surface area contributed by atoms with Crippen LogP contribution >= 0.6 is 31.9 Å². The Balaban J connectivity index is 2.79. The van der Waals surface area contributed by atoms with Crippen molar-refractivity contribution in [2.45, 2.75) is 13.5 Å². The first kappa shape index (κ1) is 13.0. The van der Waals surface area contributed by atoms with Crippen molar-refractivity contribution in [1.82, 2.24) is 0 Å². The molecule has 1 rings (SSSR count). The molecule has 1 aromatic rings. The number of nitrogens with two attached hydrogens (primary N) is 1. The molecule has 0 aliphatic heterocycles. The molecule has 0 saturated carbocycles. The number of rotatable bonds is 5. The van der Waals surface area contributed by atoms with Crippen molar-refractivity contribution in [3.8, 4) is 5.75 Å². The van der Waals surface area contributed by atoms with Gasteiger partial charge in [0.1, 0.15) is 0 Å². The third-order valence-electron chi connectivity index (χ3n) is 1.78. The molecule has 2 N–H and O–H groups in total. The van der Waals surface area contributed by atoms with Gasteiger partial charge in [-0.25, -0.2) is 0 Å². The largest absolute Gasteiger partial charge is 0.465 e. The highest BCUT2D eigenvalue weighted by molar-refractivity contribution is 9.11. The van der Waals surface area contributed by atoms with Gasteiger partial charge in [-0.15, -0.1) is 0 Å². The van der Waals surface area contributed by atoms with E-state index in [2.05, 4.69) is 31.9 Å². The summed E-state index contributed by atoms with van der Waals surface area (Å²) in [6.07, 6.45) is 0. The molecule has 0 unspecified atom stereocenters. The predicted molar refractivity (Wildman–Crippen MR) is 66.9 cm³/mol. The number of ether oxygens (including phenoxy) is 2. The standard InChI is InChI=1S/C10H13Br2NO2/c1-2-14-6-15-10-8(11)3-7(5-13)4-9(10)12/h3-4H,2,5-6,13H2,1H3. The molecule has 0 bridgehead atoms. The van der Waals surface area contributed by atoms with Gasteiger partial charge in [0.2, 0.25) is 0 Å². The van der Waals surface area contributed by atoms with E-state index in [4.69, 9.17) is 15.2 Å². The van der Waals surface area contributed by atoms with E-state index in [1.165, 1.54) is 0 Å². The second kappa shape index (κ2) is 6.48. The monoisotopic (exact) mass is 337 g/mol. The van der Waals surface area contributed by atoms with Crippen LogP contribution in [0.4, 0.5) is 0 Å². The second-order valence-electron chi connectivity index (χ2n) is 2.85. The molecule has 0 heterocycles. The summed E-state index contributed by atoms with van der Waals surface area (Å²) in [6.45, 7) is 3.31. The van der Waals surface area contributed by atoms with Crippen molar-refractivity contribution >= 4 is 31.9 Å². The normalized spacial score (nSPS) is 10.4. The van der Waals surface area contributed by atoms with E-state index < -0.39 is 0 Å². The number of benzene rings is 1. The average molecular weight is 339 g/mol. The molecule has 15 heavy (non-hydrogen) atoms. The Labute approximate surface area is 106 Å². The Hall–Kier alpha value is -0.100. The summed E-state index contributed by atoms with van der Waals surface area (Å²) < 4.78 is 12.3. The first-order valence-electron chi connectivity index (χ1n) is 4.57. The fraction of sp³-hybridized carbons (Fsp3) is 0.400. The van der Waals surface area contributed by atoms with E-state index in [9.17, 15) is 0 Å². The van der Waals surface area contributed by atoms with E-state index in [1.807, 2.05) is 19.1 Å². The maximum Gasteiger partial charge on any atom is 0.189 e. The Morgan fingerprint density at radius 2 is 1.87 bits per heavy atom. The molecular weight excluding hydrogens is 326 g/mol. The minimum Gasteiger partial charge on any atom is -0.465 e. The number of halogens is 2. The third-order valence-corrected chi connectivity index (χ3v) is 2.96. The van der Waals surface area contributed by atoms with Crippen molar-refractivity contribution in [2.24, 2.45) is 5.73 Å². The molecule has 0 aromatic heterocycles. The van der Waals surface area contributed by atoms with Crippen LogP contribution in [0.15, 0.2) is 21.1 Å². The summed E-state index contributed by atoms with van der Waals surface area (Å²) in [6, 6.07) is 3.87. The zero-order valence-electron chi connectivity index (χ0n) is 8.43. The van der Waals surface area contributed by atoms with Gasteiger partial charge in [-0.1, -0.05) is 0 Å². The number of hydrogen-bond acceptors (Lipinski definition) is 3. The topological polar surface area (TPSA) is 44.5 Å². The van der Waals surface area contributed by atoms with Crippen molar-refractivity contribution in [3.63, 3.8) is 0 Å². The molecule has 0 atom stereocenters. The minimum atomic E-state index is 0.246. The molecule has 0 aliphatic rings. The summed E-state index contributed by atoms with van der Waals surface area (Å²) in [4.78, 5) is 0. The molecule has 3 nitrogen and oxygen atoms in total. The number of hydrogen-bond donors (Lipinski definition) is 1. The third kappa shape index (κ3) is 3.75. The van der Waals surface area contributed by atoms with Crippen molar-refractivity contribution in [2.75, 3.05) is 13.4 Å². The molecular formula is C10H13Br2NO2. The van der Waals surface area contributed by atoms with Gasteiger partial charge in [-0.05, 0) is 56.5 Å². The summed E-state index contributed by atoms with van der Waals surface area (Å²) in [5.74, 6) is 0.737. The van der Waals surface area contributed by atoms with Crippen LogP contribution in [0.5, 0.6) is 5.75 Å². The minimum absolute atomic E-state index is 0.246. The van der Waals surface area contributed by atoms with Crippen LogP contribution in [0.1, 0.15) is 12.5 Å². The molecule has 0 saturated heterocycles. The Kier molecular flexibility index (Phi) is 5.60. The van der Waals surface area contributed by atoms with Crippen LogP contribution in [-0.4, -0.2) is 13.4 Å². The molecule has 0 spiro atoms. The maximum atomic E-state index is 5.55. The van der Waals surface area contributed by atoms with E-state index >= 15 is 0 Å². The van der Waals surface area contributed by atoms with Crippen LogP contribution < -0.4 is 10.5 Å². The highest BCUT2D eigenvalue weighted by Crippen LogP contribution is 2.34. The van der Waals surface area contributed by atoms with Crippen molar-refractivity contribution < 1.29 is 9.47 Å². The highest BCUT2D eigenvalue weighted by Gasteiger charge is 2.08. The van der Waals surface area contributed by atoms with Gasteiger partial charge in [0.15, 0.2) is 12.5 Å². The summed E-state index contributed by atoms with van der Waals surface area (Å²) in [5.41, 5.74) is 6.59. The van der Waals surface area contributed by atoms with E-state index in [0.29, 0.717) is 13.2 Å². The summed E-state index contributed by atoms with van der Waals surface area (Å²) >= 11 is 6.85. The van der Waals surface area contributed by atoms with Crippen LogP contribution in [-0.2, 0) is 11.3 Å². The van der Waals surface area contributed by atoms with Gasteiger partial charge in [0.25, 0.3) is 0 Å². The van der Waals surface area contributed by atoms with Crippen molar-refractivity contribution in [3.05, 3.63) is 26.6 Å². The van der Waals surface area contributed by atoms with Gasteiger partial charge in [-0.2, -0.15) is 0 Å². The first-order chi connectivity index (χ1) is 7.19. The zero-order valence-corrected chi connectivity index (χ0v) is 11.6. The molecule has 0 aliphatic carbocycles. The smallest absolute Gasteiger partial charge is 0.189 e. The van der Waals surface area contributed by atoms with Gasteiger partial charge >= 0.3 is 0 Å². The SMILES string of the molecule is CCOCOc1c(Br)cc(CN)cc1Br. The summed E-state index contributed by atoms with van der Waals surface area (Å²) in [7, 11) is 0. The fourth-order valence-corrected chi connectivity index (χ4v) is 2.56. The first-order valence-corrected chi connectivity index (χ1v) is 6.16. The lowest BCUT2D eigenvalue weighted by Crippen LogP contribution is -2.04. The van der Waals surface area contributed by atoms with Gasteiger partial charge in [0, 0.05) is 13.2 Å². The molecule has 0 radical (unpaired) electrons. The molecule has 0 fully saturated rings. The van der Waals surface area contributed by atoms with Gasteiger partial charge in [-0.3, -0.25) is 0 Å². The molecule has 0 amide bonds. The Morgan fingerprint density at radius 3 is 2.33 bits per heavy atom. The molecule has 1 aromatic carbocycles. The molecule has 5 heteroatoms. The second-order valence-corrected chi connectivity index (χ2v) is 4.56. The summed E-state index contributed by atoms with van der Waals surface area (Å²) in [5, 5.41) is 0. The lowest BCUT2D eigenvalue weighted by atomic mass is 10.2. The van der Waals surface area contributed by atoms with Crippen LogP contribution in [0.25, 0.3) is 0 Å². The molecule has 84 valence electrons. The Morgan fingerprint density at radius 1 is 1.27 bits per heavy atom. The lowest BCUT2D eigenvalue weighted by molar-refractivity contribution is 0.0215. The van der Waals surface area contributed by atoms with E-state index in [0.717, 1.165) is 20.3 Å². The van der Waals surface area contributed by atoms with Gasteiger partial charge in [0.05, 0.1) is 8.95 Å². The van der Waals surface area contributed by atoms with E-state index in [1.54, 1.807) is 0 Å². The average Bonchev–Trinajstić information content (AvgIpc) is 2.22.